The maximum atomic E-state index is 14.2. The van der Waals surface area contributed by atoms with Crippen LogP contribution in [-0.2, 0) is 66.1 Å². The normalized spacial score (nSPS) is 11.9. The fourth-order valence-electron chi connectivity index (χ4n) is 11.0. The van der Waals surface area contributed by atoms with Crippen molar-refractivity contribution in [2.75, 3.05) is 32.7 Å². The molecule has 114 heavy (non-hydrogen) atoms. The molecule has 0 saturated heterocycles. The topological polar surface area (TPSA) is 81.2 Å². The molecule has 0 aromatic heterocycles. The van der Waals surface area contributed by atoms with Crippen molar-refractivity contribution in [2.24, 2.45) is 10.8 Å². The first kappa shape index (κ1) is 99.2. The van der Waals surface area contributed by atoms with Crippen LogP contribution >= 0.6 is 23.2 Å². The molecule has 0 spiro atoms. The molecule has 592 valence electrons. The van der Waals surface area contributed by atoms with E-state index in [0.717, 1.165) is 86.8 Å². The number of hydrogen-bond acceptors (Lipinski definition) is 4. The van der Waals surface area contributed by atoms with E-state index in [1.54, 1.807) is 48.5 Å². The molecule has 0 N–H and O–H groups in total. The van der Waals surface area contributed by atoms with Crippen LogP contribution in [0.4, 0.5) is 57.9 Å². The minimum atomic E-state index is -0.876. The summed E-state index contributed by atoms with van der Waals surface area (Å²) in [6.45, 7) is 16.5. The Bertz CT molecular complexity index is 4130. The Morgan fingerprint density at radius 3 is 0.833 bits per heavy atom. The first-order valence-electron chi connectivity index (χ1n) is 37.0. The smallest absolute Gasteiger partial charge is 0.359 e. The van der Waals surface area contributed by atoms with Gasteiger partial charge in [0.25, 0.3) is 0 Å². The first-order chi connectivity index (χ1) is 53.7. The van der Waals surface area contributed by atoms with Crippen molar-refractivity contribution in [1.29, 1.82) is 0 Å². The van der Waals surface area contributed by atoms with Gasteiger partial charge < -0.3 is 19.6 Å². The van der Waals surface area contributed by atoms with Gasteiger partial charge in [-0.05, 0) is 108 Å². The summed E-state index contributed by atoms with van der Waals surface area (Å²) in [5, 5.41) is 1.02. The molecule has 0 aliphatic heterocycles. The van der Waals surface area contributed by atoms with Gasteiger partial charge in [0.05, 0.1) is 0 Å². The molecule has 0 fully saturated rings. The number of carbonyl (C=O) groups is 4. The van der Waals surface area contributed by atoms with E-state index in [1.807, 2.05) is 189 Å². The van der Waals surface area contributed by atoms with Crippen LogP contribution in [0.2, 0.25) is 10.0 Å². The molecule has 0 saturated carbocycles. The van der Waals surface area contributed by atoms with E-state index >= 15 is 0 Å². The molecular formula is C94H94Cl2F8N4O4Ti2. The summed E-state index contributed by atoms with van der Waals surface area (Å²) >= 11 is 11.6. The van der Waals surface area contributed by atoms with E-state index in [1.165, 1.54) is 43.9 Å². The average molecular weight is 1660 g/mol. The molecule has 8 nitrogen and oxygen atoms in total. The van der Waals surface area contributed by atoms with Crippen LogP contribution in [0.5, 0.6) is 0 Å². The number of rotatable bonds is 22. The van der Waals surface area contributed by atoms with Crippen molar-refractivity contribution in [3.63, 3.8) is 0 Å². The fourth-order valence-corrected chi connectivity index (χ4v) is 11.2. The second-order valence-corrected chi connectivity index (χ2v) is 27.6. The number of anilines is 4. The Balaban J connectivity index is 0.000000359. The maximum absolute atomic E-state index is 14.2. The second kappa shape index (κ2) is 54.0. The molecule has 8 aromatic carbocycles. The van der Waals surface area contributed by atoms with Gasteiger partial charge in [0, 0.05) is 105 Å². The van der Waals surface area contributed by atoms with Gasteiger partial charge in [0.1, 0.15) is 0 Å². The Morgan fingerprint density at radius 1 is 0.360 bits per heavy atom. The SMILES string of the molecule is CCCC(C)(C)C(=O)N(Cc1ccccc1)c1ccc(F)[c-]c1F.CCCC(C)(C)C(=O)N(Cc1ccccc1)c1ccc(F)[c-]c1F.CCCCN(C(=O)c1ccc(Cl)cc1)c1ccc(F)[c-]c1F.CCCCN(C(=O)c1ccc(Cl)cc1)c1ccc(F)[c-]c1F.[C-]1=CC=CC1.[C-]1=CC=CC1.[C-]1=CC=CC1.[C-]1=CC=CC1.[Ti+4].[Ti+4]. The van der Waals surface area contributed by atoms with Crippen molar-refractivity contribution >= 4 is 69.6 Å². The summed E-state index contributed by atoms with van der Waals surface area (Å²) in [6, 6.07) is 48.9. The van der Waals surface area contributed by atoms with Crippen molar-refractivity contribution in [2.45, 2.75) is 146 Å². The quantitative estimate of drug-likeness (QED) is 0.0385. The van der Waals surface area contributed by atoms with Crippen LogP contribution in [0.25, 0.3) is 0 Å². The van der Waals surface area contributed by atoms with Crippen LogP contribution in [0, 0.1) is 106 Å². The van der Waals surface area contributed by atoms with Gasteiger partial charge in [-0.25, -0.2) is 83.7 Å². The number of allylic oxidation sites excluding steroid dienone is 16. The molecule has 0 unspecified atom stereocenters. The van der Waals surface area contributed by atoms with Crippen LogP contribution in [0.3, 0.4) is 0 Å². The predicted octanol–water partition coefficient (Wildman–Crippen LogP) is 25.2. The van der Waals surface area contributed by atoms with Crippen molar-refractivity contribution in [3.8, 4) is 0 Å². The number of amides is 4. The first-order valence-corrected chi connectivity index (χ1v) is 37.7. The Kier molecular flexibility index (Phi) is 47.0. The molecule has 12 rings (SSSR count). The summed E-state index contributed by atoms with van der Waals surface area (Å²) in [5.74, 6) is -7.71. The van der Waals surface area contributed by atoms with Gasteiger partial charge >= 0.3 is 43.4 Å². The molecule has 4 amide bonds. The second-order valence-electron chi connectivity index (χ2n) is 26.7. The van der Waals surface area contributed by atoms with Gasteiger partial charge in [0.15, 0.2) is 0 Å². The van der Waals surface area contributed by atoms with Gasteiger partial charge in [-0.15, -0.1) is 98.5 Å². The number of halogens is 10. The minimum Gasteiger partial charge on any atom is -0.359 e. The van der Waals surface area contributed by atoms with Crippen LogP contribution in [-0.4, -0.2) is 36.7 Å². The number of benzene rings is 8. The third kappa shape index (κ3) is 35.0. The van der Waals surface area contributed by atoms with Crippen LogP contribution in [0.1, 0.15) is 164 Å². The molecule has 4 aliphatic carbocycles. The number of unbranched alkanes of at least 4 members (excludes halogenated alkanes) is 2. The van der Waals surface area contributed by atoms with Crippen LogP contribution < -0.4 is 19.6 Å². The largest absolute Gasteiger partial charge is 4.00 e. The van der Waals surface area contributed by atoms with Gasteiger partial charge in [-0.1, -0.05) is 165 Å². The summed E-state index contributed by atoms with van der Waals surface area (Å²) in [4.78, 5) is 56.7. The Hall–Kier alpha value is -8.99. The Labute approximate surface area is 709 Å². The molecular weight excluding hydrogens is 1570 g/mol. The maximum Gasteiger partial charge on any atom is 4.00 e. The standard InChI is InChI=1S/2C20H22F2NO.2C17H15ClF2NO.4C5H5.2Ti/c2*1-4-12-20(2,3)19(24)23(14-15-8-6-5-7-9-15)18-11-10-16(21)13-17(18)22;2*1-2-3-10-21(16-9-8-14(19)11-15(16)20)17(22)12-4-6-13(18)7-5-12;4*1-2-4-5-3-1;;/h2*5-11H,4,12,14H2,1-3H3;2*4-9H,2-3,10H2,1H3;4*1-3H,4H2;;/q8*-1;2*+4. The molecule has 0 heterocycles. The third-order valence-electron chi connectivity index (χ3n) is 16.8. The van der Waals surface area contributed by atoms with Gasteiger partial charge in [0.2, 0.25) is 23.6 Å². The molecule has 0 atom stereocenters. The summed E-state index contributed by atoms with van der Waals surface area (Å²) < 4.78 is 109. The van der Waals surface area contributed by atoms with Crippen molar-refractivity contribution < 1.29 is 97.7 Å². The summed E-state index contributed by atoms with van der Waals surface area (Å²) in [6.07, 6.45) is 46.2. The zero-order chi connectivity index (χ0) is 81.9. The molecule has 4 aliphatic rings. The summed E-state index contributed by atoms with van der Waals surface area (Å²) in [7, 11) is 0. The van der Waals surface area contributed by atoms with E-state index < -0.39 is 57.4 Å². The molecule has 8 aromatic rings. The van der Waals surface area contributed by atoms with Gasteiger partial charge in [-0.3, -0.25) is 43.5 Å². The van der Waals surface area contributed by atoms with Crippen LogP contribution in [0.15, 0.2) is 231 Å². The number of nitrogens with zero attached hydrogens (tertiary/aromatic N) is 4. The van der Waals surface area contributed by atoms with E-state index in [-0.39, 0.29) is 103 Å². The van der Waals surface area contributed by atoms with E-state index in [0.29, 0.717) is 59.9 Å². The minimum absolute atomic E-state index is 0. The summed E-state index contributed by atoms with van der Waals surface area (Å²) in [5.41, 5.74) is 1.42. The number of hydrogen-bond donors (Lipinski definition) is 0. The van der Waals surface area contributed by atoms with Crippen molar-refractivity contribution in [1.82, 2.24) is 0 Å². The van der Waals surface area contributed by atoms with E-state index in [2.05, 4.69) is 48.6 Å². The van der Waals surface area contributed by atoms with Crippen molar-refractivity contribution in [3.05, 3.63) is 358 Å². The molecule has 0 radical (unpaired) electrons. The van der Waals surface area contributed by atoms with E-state index in [4.69, 9.17) is 23.2 Å². The predicted molar refractivity (Wildman–Crippen MR) is 436 cm³/mol. The monoisotopic (exact) mass is 1660 g/mol. The Morgan fingerprint density at radius 2 is 0.623 bits per heavy atom. The van der Waals surface area contributed by atoms with E-state index in [9.17, 15) is 54.3 Å². The fraction of sp³-hybridized carbons (Fsp3) is 0.277. The van der Waals surface area contributed by atoms with Gasteiger partial charge in [-0.2, -0.15) is 24.3 Å². The average Bonchev–Trinajstić information content (AvgIpc) is 1.65. The molecule has 20 heteroatoms. The zero-order valence-electron chi connectivity index (χ0n) is 65.5. The zero-order valence-corrected chi connectivity index (χ0v) is 70.1. The number of carbonyl (C=O) groups excluding carboxylic acids is 4. The molecule has 0 bridgehead atoms. The third-order valence-corrected chi connectivity index (χ3v) is 17.3.